The van der Waals surface area contributed by atoms with Gasteiger partial charge in [-0.05, 0) is 12.3 Å². The van der Waals surface area contributed by atoms with E-state index in [0.29, 0.717) is 0 Å². The Bertz CT molecular complexity index is 526. The molecule has 2 aromatic rings. The van der Waals surface area contributed by atoms with Crippen molar-refractivity contribution >= 4 is 0 Å². The number of benzene rings is 1. The molecule has 0 bridgehead atoms. The zero-order valence-corrected chi connectivity index (χ0v) is 12.8. The Kier molecular flexibility index (Phi) is 5.09. The SMILES string of the molecule is c1ccc(-c2cnc(CCCCC3CCCCC3)o2)cc1. The van der Waals surface area contributed by atoms with Crippen LogP contribution in [0.3, 0.4) is 0 Å². The predicted molar refractivity (Wildman–Crippen MR) is 86.1 cm³/mol. The molecule has 0 atom stereocenters. The molecule has 3 rings (SSSR count). The van der Waals surface area contributed by atoms with Crippen molar-refractivity contribution in [2.45, 2.75) is 57.8 Å². The van der Waals surface area contributed by atoms with E-state index in [1.54, 1.807) is 0 Å². The molecular weight excluding hydrogens is 258 g/mol. The molecule has 0 radical (unpaired) electrons. The normalized spacial score (nSPS) is 16.2. The van der Waals surface area contributed by atoms with Gasteiger partial charge in [-0.2, -0.15) is 0 Å². The number of aryl methyl sites for hydroxylation is 1. The van der Waals surface area contributed by atoms with Gasteiger partial charge in [0.1, 0.15) is 0 Å². The fraction of sp³-hybridized carbons (Fsp3) is 0.526. The number of hydrogen-bond acceptors (Lipinski definition) is 2. The molecule has 0 spiro atoms. The lowest BCUT2D eigenvalue weighted by molar-refractivity contribution is 0.328. The molecule has 1 fully saturated rings. The van der Waals surface area contributed by atoms with Gasteiger partial charge in [-0.1, -0.05) is 75.3 Å². The number of hydrogen-bond donors (Lipinski definition) is 0. The molecule has 2 nitrogen and oxygen atoms in total. The molecule has 0 amide bonds. The summed E-state index contributed by atoms with van der Waals surface area (Å²) in [7, 11) is 0. The summed E-state index contributed by atoms with van der Waals surface area (Å²) < 4.78 is 5.85. The van der Waals surface area contributed by atoms with Gasteiger partial charge in [-0.15, -0.1) is 0 Å². The zero-order valence-electron chi connectivity index (χ0n) is 12.8. The maximum Gasteiger partial charge on any atom is 0.194 e. The van der Waals surface area contributed by atoms with Crippen LogP contribution in [0.2, 0.25) is 0 Å². The Morgan fingerprint density at radius 1 is 1.00 bits per heavy atom. The summed E-state index contributed by atoms with van der Waals surface area (Å²) in [6, 6.07) is 10.2. The number of oxazole rings is 1. The second-order valence-electron chi connectivity index (χ2n) is 6.23. The fourth-order valence-electron chi connectivity index (χ4n) is 3.35. The first-order chi connectivity index (χ1) is 10.4. The summed E-state index contributed by atoms with van der Waals surface area (Å²) >= 11 is 0. The molecule has 1 aromatic carbocycles. The van der Waals surface area contributed by atoms with Gasteiger partial charge >= 0.3 is 0 Å². The molecule has 1 aliphatic rings. The highest BCUT2D eigenvalue weighted by molar-refractivity contribution is 5.55. The average molecular weight is 283 g/mol. The zero-order chi connectivity index (χ0) is 14.3. The van der Waals surface area contributed by atoms with Gasteiger partial charge in [0, 0.05) is 12.0 Å². The molecule has 112 valence electrons. The van der Waals surface area contributed by atoms with E-state index in [2.05, 4.69) is 17.1 Å². The van der Waals surface area contributed by atoms with Gasteiger partial charge in [0.25, 0.3) is 0 Å². The highest BCUT2D eigenvalue weighted by Crippen LogP contribution is 2.28. The molecule has 2 heteroatoms. The van der Waals surface area contributed by atoms with Crippen molar-refractivity contribution in [3.8, 4) is 11.3 Å². The fourth-order valence-corrected chi connectivity index (χ4v) is 3.35. The van der Waals surface area contributed by atoms with E-state index in [1.807, 2.05) is 24.4 Å². The third-order valence-electron chi connectivity index (χ3n) is 4.59. The number of unbranched alkanes of at least 4 members (excludes halogenated alkanes) is 1. The first-order valence-electron chi connectivity index (χ1n) is 8.42. The summed E-state index contributed by atoms with van der Waals surface area (Å²) in [5.74, 6) is 2.76. The highest BCUT2D eigenvalue weighted by Gasteiger charge is 2.13. The monoisotopic (exact) mass is 283 g/mol. The topological polar surface area (TPSA) is 26.0 Å². The van der Waals surface area contributed by atoms with E-state index in [4.69, 9.17) is 4.42 Å². The third kappa shape index (κ3) is 4.20. The van der Waals surface area contributed by atoms with E-state index in [1.165, 1.54) is 51.4 Å². The van der Waals surface area contributed by atoms with Crippen LogP contribution in [0.25, 0.3) is 11.3 Å². The summed E-state index contributed by atoms with van der Waals surface area (Å²) in [4.78, 5) is 4.41. The van der Waals surface area contributed by atoms with Crippen LogP contribution in [0, 0.1) is 5.92 Å². The number of rotatable bonds is 6. The van der Waals surface area contributed by atoms with Crippen LogP contribution in [0.15, 0.2) is 40.9 Å². The van der Waals surface area contributed by atoms with Crippen LogP contribution < -0.4 is 0 Å². The Labute approximate surface area is 127 Å². The molecule has 0 aliphatic heterocycles. The van der Waals surface area contributed by atoms with Crippen LogP contribution in [0.4, 0.5) is 0 Å². The van der Waals surface area contributed by atoms with Crippen molar-refractivity contribution in [2.75, 3.05) is 0 Å². The Hall–Kier alpha value is -1.57. The van der Waals surface area contributed by atoms with E-state index < -0.39 is 0 Å². The van der Waals surface area contributed by atoms with Crippen LogP contribution >= 0.6 is 0 Å². The molecular formula is C19H25NO. The highest BCUT2D eigenvalue weighted by atomic mass is 16.4. The van der Waals surface area contributed by atoms with E-state index >= 15 is 0 Å². The molecule has 0 N–H and O–H groups in total. The average Bonchev–Trinajstić information content (AvgIpc) is 3.02. The third-order valence-corrected chi connectivity index (χ3v) is 4.59. The second-order valence-corrected chi connectivity index (χ2v) is 6.23. The molecule has 0 saturated heterocycles. The lowest BCUT2D eigenvalue weighted by atomic mass is 9.86. The lowest BCUT2D eigenvalue weighted by Gasteiger charge is -2.21. The second kappa shape index (κ2) is 7.44. The Morgan fingerprint density at radius 3 is 2.62 bits per heavy atom. The number of aromatic nitrogens is 1. The minimum atomic E-state index is 0.887. The first kappa shape index (κ1) is 14.4. The maximum absolute atomic E-state index is 5.85. The van der Waals surface area contributed by atoms with Gasteiger partial charge < -0.3 is 4.42 Å². The van der Waals surface area contributed by atoms with Crippen molar-refractivity contribution in [3.63, 3.8) is 0 Å². The molecule has 21 heavy (non-hydrogen) atoms. The van der Waals surface area contributed by atoms with Gasteiger partial charge in [0.15, 0.2) is 11.7 Å². The maximum atomic E-state index is 5.85. The summed E-state index contributed by atoms with van der Waals surface area (Å²) in [5.41, 5.74) is 1.11. The lowest BCUT2D eigenvalue weighted by Crippen LogP contribution is -2.05. The van der Waals surface area contributed by atoms with Crippen molar-refractivity contribution in [1.82, 2.24) is 4.98 Å². The quantitative estimate of drug-likeness (QED) is 0.642. The summed E-state index contributed by atoms with van der Waals surface area (Å²) in [5, 5.41) is 0. The van der Waals surface area contributed by atoms with E-state index in [-0.39, 0.29) is 0 Å². The predicted octanol–water partition coefficient (Wildman–Crippen LogP) is 5.63. The van der Waals surface area contributed by atoms with E-state index in [9.17, 15) is 0 Å². The van der Waals surface area contributed by atoms with Crippen LogP contribution in [-0.2, 0) is 6.42 Å². The first-order valence-corrected chi connectivity index (χ1v) is 8.42. The van der Waals surface area contributed by atoms with Gasteiger partial charge in [0.05, 0.1) is 6.20 Å². The van der Waals surface area contributed by atoms with Crippen LogP contribution in [0.5, 0.6) is 0 Å². The molecule has 1 aliphatic carbocycles. The van der Waals surface area contributed by atoms with Crippen LogP contribution in [0.1, 0.15) is 57.3 Å². The van der Waals surface area contributed by atoms with Gasteiger partial charge in [0.2, 0.25) is 0 Å². The molecule has 1 saturated carbocycles. The largest absolute Gasteiger partial charge is 0.441 e. The smallest absolute Gasteiger partial charge is 0.194 e. The number of nitrogens with zero attached hydrogens (tertiary/aromatic N) is 1. The van der Waals surface area contributed by atoms with Crippen molar-refractivity contribution in [1.29, 1.82) is 0 Å². The van der Waals surface area contributed by atoms with E-state index in [0.717, 1.165) is 29.6 Å². The standard InChI is InChI=1S/C19H25NO/c1-3-9-16(10-4-1)11-7-8-14-19-20-15-18(21-19)17-12-5-2-6-13-17/h2,5-6,12-13,15-16H,1,3-4,7-11,14H2. The summed E-state index contributed by atoms with van der Waals surface area (Å²) in [6.45, 7) is 0. The Morgan fingerprint density at radius 2 is 1.81 bits per heavy atom. The van der Waals surface area contributed by atoms with Gasteiger partial charge in [-0.3, -0.25) is 0 Å². The van der Waals surface area contributed by atoms with Crippen molar-refractivity contribution in [3.05, 3.63) is 42.4 Å². The minimum Gasteiger partial charge on any atom is -0.441 e. The molecule has 0 unspecified atom stereocenters. The minimum absolute atomic E-state index is 0.887. The van der Waals surface area contributed by atoms with Crippen LogP contribution in [-0.4, -0.2) is 4.98 Å². The van der Waals surface area contributed by atoms with Gasteiger partial charge in [-0.25, -0.2) is 4.98 Å². The molecule has 1 aromatic heterocycles. The summed E-state index contributed by atoms with van der Waals surface area (Å²) in [6.07, 6.45) is 14.0. The van der Waals surface area contributed by atoms with Crippen molar-refractivity contribution < 1.29 is 4.42 Å². The molecule has 1 heterocycles. The van der Waals surface area contributed by atoms with Crippen molar-refractivity contribution in [2.24, 2.45) is 5.92 Å². The Balaban J connectivity index is 1.42.